The minimum atomic E-state index is 0.413. The quantitative estimate of drug-likeness (QED) is 0.883. The van der Waals surface area contributed by atoms with Crippen molar-refractivity contribution < 1.29 is 0 Å². The molecule has 0 spiro atoms. The summed E-state index contributed by atoms with van der Waals surface area (Å²) in [5, 5.41) is 8.93. The summed E-state index contributed by atoms with van der Waals surface area (Å²) in [5.41, 5.74) is 8.66. The molecular weight excluding hydrogens is 214 g/mol. The monoisotopic (exact) mass is 233 g/mol. The first kappa shape index (κ1) is 11.7. The largest absolute Gasteiger partial charge is 0.394 e. The van der Waals surface area contributed by atoms with Crippen molar-refractivity contribution >= 4 is 5.69 Å². The van der Waals surface area contributed by atoms with E-state index >= 15 is 0 Å². The van der Waals surface area contributed by atoms with Gasteiger partial charge in [-0.25, -0.2) is 9.36 Å². The molecule has 0 radical (unpaired) electrons. The van der Waals surface area contributed by atoms with Gasteiger partial charge in [-0.15, -0.1) is 0 Å². The van der Waals surface area contributed by atoms with Crippen LogP contribution in [-0.4, -0.2) is 19.6 Å². The molecule has 0 atom stereocenters. The smallest absolute Gasteiger partial charge is 0.175 e. The fourth-order valence-corrected chi connectivity index (χ4v) is 1.81. The molecule has 5 nitrogen and oxygen atoms in total. The topological polar surface area (TPSA) is 61.7 Å². The van der Waals surface area contributed by atoms with E-state index < -0.39 is 0 Å². The highest BCUT2D eigenvalue weighted by molar-refractivity contribution is 5.56. The van der Waals surface area contributed by atoms with E-state index in [1.165, 1.54) is 0 Å². The maximum Gasteiger partial charge on any atom is 0.175 e. The second-order valence-electron chi connectivity index (χ2n) is 4.48. The van der Waals surface area contributed by atoms with Gasteiger partial charge in [0.1, 0.15) is 0 Å². The lowest BCUT2D eigenvalue weighted by molar-refractivity contribution is 0.614. The van der Waals surface area contributed by atoms with Gasteiger partial charge in [-0.3, -0.25) is 0 Å². The standard InChI is InChI=1S/C12H19N5/c1-5-16-12(11(13)9(4)14-16)17-7-6-10(15-17)8(2)3/h6-8H,5,13H2,1-4H3. The summed E-state index contributed by atoms with van der Waals surface area (Å²) in [4.78, 5) is 0. The van der Waals surface area contributed by atoms with Gasteiger partial charge >= 0.3 is 0 Å². The van der Waals surface area contributed by atoms with Crippen LogP contribution in [0.25, 0.3) is 5.82 Å². The first-order valence-corrected chi connectivity index (χ1v) is 5.93. The molecule has 0 unspecified atom stereocenters. The molecule has 0 aliphatic heterocycles. The SMILES string of the molecule is CCn1nc(C)c(N)c1-n1ccc(C(C)C)n1. The Morgan fingerprint density at radius 1 is 1.35 bits per heavy atom. The van der Waals surface area contributed by atoms with Crippen LogP contribution >= 0.6 is 0 Å². The predicted molar refractivity (Wildman–Crippen MR) is 68.3 cm³/mol. The van der Waals surface area contributed by atoms with Crippen LogP contribution in [-0.2, 0) is 6.54 Å². The Labute approximate surface area is 101 Å². The van der Waals surface area contributed by atoms with E-state index in [0.717, 1.165) is 23.8 Å². The Morgan fingerprint density at radius 3 is 2.59 bits per heavy atom. The summed E-state index contributed by atoms with van der Waals surface area (Å²) >= 11 is 0. The molecule has 0 saturated carbocycles. The zero-order valence-corrected chi connectivity index (χ0v) is 10.8. The summed E-state index contributed by atoms with van der Waals surface area (Å²) < 4.78 is 3.69. The van der Waals surface area contributed by atoms with Crippen molar-refractivity contribution in [3.05, 3.63) is 23.7 Å². The third-order valence-electron chi connectivity index (χ3n) is 2.86. The third kappa shape index (κ3) is 1.92. The zero-order valence-electron chi connectivity index (χ0n) is 10.8. The van der Waals surface area contributed by atoms with Gasteiger partial charge in [-0.1, -0.05) is 13.8 Å². The minimum absolute atomic E-state index is 0.413. The molecule has 0 bridgehead atoms. The van der Waals surface area contributed by atoms with E-state index in [2.05, 4.69) is 24.0 Å². The van der Waals surface area contributed by atoms with Crippen molar-refractivity contribution in [1.29, 1.82) is 0 Å². The number of hydrogen-bond acceptors (Lipinski definition) is 3. The highest BCUT2D eigenvalue weighted by Crippen LogP contribution is 2.21. The van der Waals surface area contributed by atoms with Crippen molar-refractivity contribution in [2.45, 2.75) is 40.2 Å². The molecule has 0 amide bonds. The Kier molecular flexibility index (Phi) is 2.92. The number of nitrogen functional groups attached to an aromatic ring is 1. The molecule has 0 aliphatic carbocycles. The lowest BCUT2D eigenvalue weighted by Crippen LogP contribution is -2.08. The molecule has 92 valence electrons. The van der Waals surface area contributed by atoms with Crippen LogP contribution in [0.2, 0.25) is 0 Å². The molecule has 0 aromatic carbocycles. The highest BCUT2D eigenvalue weighted by Gasteiger charge is 2.15. The first-order valence-electron chi connectivity index (χ1n) is 5.93. The van der Waals surface area contributed by atoms with E-state index in [9.17, 15) is 0 Å². The van der Waals surface area contributed by atoms with Crippen LogP contribution in [0.15, 0.2) is 12.3 Å². The molecule has 0 fully saturated rings. The predicted octanol–water partition coefficient (Wildman–Crippen LogP) is 2.10. The van der Waals surface area contributed by atoms with Crippen LogP contribution < -0.4 is 5.73 Å². The van der Waals surface area contributed by atoms with Gasteiger partial charge in [0.2, 0.25) is 0 Å². The number of aryl methyl sites for hydroxylation is 2. The maximum absolute atomic E-state index is 6.05. The number of nitrogens with two attached hydrogens (primary N) is 1. The Bertz CT molecular complexity index is 521. The van der Waals surface area contributed by atoms with Crippen LogP contribution in [0.3, 0.4) is 0 Å². The highest BCUT2D eigenvalue weighted by atomic mass is 15.4. The maximum atomic E-state index is 6.05. The lowest BCUT2D eigenvalue weighted by atomic mass is 10.1. The molecule has 0 saturated heterocycles. The van der Waals surface area contributed by atoms with Crippen LogP contribution in [0, 0.1) is 6.92 Å². The van der Waals surface area contributed by atoms with E-state index in [1.54, 1.807) is 0 Å². The normalized spacial score (nSPS) is 11.4. The van der Waals surface area contributed by atoms with Crippen LogP contribution in [0.5, 0.6) is 0 Å². The van der Waals surface area contributed by atoms with E-state index in [4.69, 9.17) is 5.73 Å². The molecule has 2 rings (SSSR count). The fraction of sp³-hybridized carbons (Fsp3) is 0.500. The molecule has 2 heterocycles. The van der Waals surface area contributed by atoms with Gasteiger partial charge in [0.05, 0.1) is 17.1 Å². The van der Waals surface area contributed by atoms with Gasteiger partial charge < -0.3 is 5.73 Å². The van der Waals surface area contributed by atoms with Crippen molar-refractivity contribution in [2.24, 2.45) is 0 Å². The minimum Gasteiger partial charge on any atom is -0.394 e. The number of nitrogens with zero attached hydrogens (tertiary/aromatic N) is 4. The summed E-state index contributed by atoms with van der Waals surface area (Å²) in [6, 6.07) is 2.02. The zero-order chi connectivity index (χ0) is 12.6. The van der Waals surface area contributed by atoms with Crippen molar-refractivity contribution in [2.75, 3.05) is 5.73 Å². The van der Waals surface area contributed by atoms with Crippen molar-refractivity contribution in [1.82, 2.24) is 19.6 Å². The van der Waals surface area contributed by atoms with Gasteiger partial charge in [-0.2, -0.15) is 10.2 Å². The average Bonchev–Trinajstić information content (AvgIpc) is 2.85. The van der Waals surface area contributed by atoms with Gasteiger partial charge in [0, 0.05) is 12.7 Å². The lowest BCUT2D eigenvalue weighted by Gasteiger charge is -2.06. The van der Waals surface area contributed by atoms with E-state index in [-0.39, 0.29) is 0 Å². The van der Waals surface area contributed by atoms with Crippen LogP contribution in [0.1, 0.15) is 38.1 Å². The molecule has 2 aromatic heterocycles. The summed E-state index contributed by atoms with van der Waals surface area (Å²) in [6.45, 7) is 8.99. The number of anilines is 1. The number of hydrogen-bond donors (Lipinski definition) is 1. The van der Waals surface area contributed by atoms with Gasteiger partial charge in [0.25, 0.3) is 0 Å². The van der Waals surface area contributed by atoms with E-state index in [1.807, 2.05) is 35.5 Å². The summed E-state index contributed by atoms with van der Waals surface area (Å²) in [7, 11) is 0. The Hall–Kier alpha value is -1.78. The second kappa shape index (κ2) is 4.24. The Morgan fingerprint density at radius 2 is 2.06 bits per heavy atom. The first-order chi connectivity index (χ1) is 8.04. The number of rotatable bonds is 3. The van der Waals surface area contributed by atoms with Crippen LogP contribution in [0.4, 0.5) is 5.69 Å². The Balaban J connectivity index is 2.51. The molecule has 0 aliphatic rings. The summed E-state index contributed by atoms with van der Waals surface area (Å²) in [5.74, 6) is 1.27. The molecule has 2 aromatic rings. The molecular formula is C12H19N5. The molecule has 2 N–H and O–H groups in total. The van der Waals surface area contributed by atoms with Gasteiger partial charge in [-0.05, 0) is 25.8 Å². The van der Waals surface area contributed by atoms with Crippen molar-refractivity contribution in [3.63, 3.8) is 0 Å². The van der Waals surface area contributed by atoms with Crippen molar-refractivity contribution in [3.8, 4) is 5.82 Å². The average molecular weight is 233 g/mol. The number of aromatic nitrogens is 4. The molecule has 17 heavy (non-hydrogen) atoms. The third-order valence-corrected chi connectivity index (χ3v) is 2.86. The second-order valence-corrected chi connectivity index (χ2v) is 4.48. The van der Waals surface area contributed by atoms with E-state index in [0.29, 0.717) is 11.6 Å². The summed E-state index contributed by atoms with van der Waals surface area (Å²) in [6.07, 6.45) is 1.94. The van der Waals surface area contributed by atoms with Gasteiger partial charge in [0.15, 0.2) is 5.82 Å². The fourth-order valence-electron chi connectivity index (χ4n) is 1.81. The molecule has 5 heteroatoms.